The first-order valence-corrected chi connectivity index (χ1v) is 15.2. The highest BCUT2D eigenvalue weighted by atomic mass is 32.2. The molecule has 0 spiro atoms. The summed E-state index contributed by atoms with van der Waals surface area (Å²) in [6, 6.07) is 47.0. The molecule has 0 fully saturated rings. The van der Waals surface area contributed by atoms with Gasteiger partial charge in [0, 0.05) is 38.2 Å². The molecule has 2 nitrogen and oxygen atoms in total. The highest BCUT2D eigenvalue weighted by Crippen LogP contribution is 2.56. The largest absolute Gasteiger partial charge is 0.329 e. The third-order valence-corrected chi connectivity index (χ3v) is 11.0. The zero-order valence-corrected chi connectivity index (χ0v) is 22.7. The molecule has 0 amide bonds. The van der Waals surface area contributed by atoms with Crippen molar-refractivity contribution in [2.45, 2.75) is 16.1 Å². The maximum absolute atomic E-state index is 2.62. The van der Waals surface area contributed by atoms with E-state index < -0.39 is 0 Å². The molecule has 5 heteroatoms. The second kappa shape index (κ2) is 8.29. The minimum atomic E-state index is 0.281. The minimum absolute atomic E-state index is 0.281. The smallest absolute Gasteiger partial charge is 0.229 e. The normalized spacial score (nSPS) is 18.5. The molecule has 0 bridgehead atoms. The quantitative estimate of drug-likeness (QED) is 0.207. The van der Waals surface area contributed by atoms with Crippen LogP contribution in [0.2, 0.25) is 0 Å². The molecule has 0 saturated carbocycles. The van der Waals surface area contributed by atoms with Crippen LogP contribution < -0.4 is 20.7 Å². The molecule has 3 aliphatic heterocycles. The average molecular weight is 535 g/mol. The van der Waals surface area contributed by atoms with Crippen LogP contribution in [0.15, 0.2) is 132 Å². The summed E-state index contributed by atoms with van der Waals surface area (Å²) in [4.78, 5) is 6.55. The van der Waals surface area contributed by atoms with Crippen molar-refractivity contribution in [1.82, 2.24) is 0 Å². The van der Waals surface area contributed by atoms with Gasteiger partial charge in [-0.1, -0.05) is 78.9 Å². The average Bonchev–Trinajstić information content (AvgIpc) is 3.57. The zero-order valence-electron chi connectivity index (χ0n) is 21.1. The van der Waals surface area contributed by atoms with Crippen LogP contribution in [-0.2, 0) is 0 Å². The number of hydrogen-bond acceptors (Lipinski definition) is 4. The molecule has 6 aromatic rings. The molecule has 2 unspecified atom stereocenters. The van der Waals surface area contributed by atoms with E-state index in [1.807, 2.05) is 23.1 Å². The predicted molar refractivity (Wildman–Crippen MR) is 169 cm³/mol. The predicted octanol–water partition coefficient (Wildman–Crippen LogP) is 8.20. The Morgan fingerprint density at radius 2 is 1.28 bits per heavy atom. The Morgan fingerprint density at radius 3 is 2.13 bits per heavy atom. The van der Waals surface area contributed by atoms with Gasteiger partial charge in [-0.2, -0.15) is 0 Å². The first-order chi connectivity index (χ1) is 19.4. The minimum Gasteiger partial charge on any atom is -0.329 e. The molecule has 39 heavy (non-hydrogen) atoms. The molecule has 2 atom stereocenters. The van der Waals surface area contributed by atoms with Gasteiger partial charge in [-0.3, -0.25) is 0 Å². The lowest BCUT2D eigenvalue weighted by molar-refractivity contribution is 0.818. The van der Waals surface area contributed by atoms with Gasteiger partial charge in [0.05, 0.1) is 10.4 Å². The molecule has 0 aliphatic carbocycles. The third kappa shape index (κ3) is 3.00. The van der Waals surface area contributed by atoms with Gasteiger partial charge in [-0.25, -0.2) is 0 Å². The lowest BCUT2D eigenvalue weighted by Gasteiger charge is -2.47. The highest BCUT2D eigenvalue weighted by Gasteiger charge is 2.54. The van der Waals surface area contributed by atoms with Crippen LogP contribution in [0.25, 0.3) is 10.1 Å². The van der Waals surface area contributed by atoms with E-state index in [-0.39, 0.29) is 12.1 Å². The summed E-state index contributed by atoms with van der Waals surface area (Å²) >= 11 is 3.96. The van der Waals surface area contributed by atoms with E-state index in [4.69, 9.17) is 0 Å². The van der Waals surface area contributed by atoms with Crippen LogP contribution in [0, 0.1) is 0 Å². The molecular formula is C34H23BN2S2. The van der Waals surface area contributed by atoms with Crippen molar-refractivity contribution in [3.05, 3.63) is 133 Å². The number of para-hydroxylation sites is 2. The molecule has 0 N–H and O–H groups in total. The summed E-state index contributed by atoms with van der Waals surface area (Å²) in [6.45, 7) is 0.281. The highest BCUT2D eigenvalue weighted by molar-refractivity contribution is 8.00. The Bertz CT molecular complexity index is 1880. The summed E-state index contributed by atoms with van der Waals surface area (Å²) in [7, 11) is 0. The Labute approximate surface area is 236 Å². The van der Waals surface area contributed by atoms with Gasteiger partial charge in [-0.15, -0.1) is 23.1 Å². The van der Waals surface area contributed by atoms with Crippen molar-refractivity contribution in [1.29, 1.82) is 0 Å². The number of thiophene rings is 1. The van der Waals surface area contributed by atoms with E-state index in [0.717, 1.165) is 0 Å². The molecule has 9 rings (SSSR count). The number of rotatable bonds is 2. The lowest BCUT2D eigenvalue weighted by atomic mass is 9.29. The fraction of sp³-hybridized carbons (Fsp3) is 0.0588. The van der Waals surface area contributed by atoms with Crippen molar-refractivity contribution >= 4 is 78.6 Å². The van der Waals surface area contributed by atoms with Crippen molar-refractivity contribution in [3.63, 3.8) is 0 Å². The molecule has 1 aromatic heterocycles. The van der Waals surface area contributed by atoms with E-state index >= 15 is 0 Å². The van der Waals surface area contributed by atoms with Crippen molar-refractivity contribution in [2.75, 3.05) is 9.80 Å². The van der Waals surface area contributed by atoms with Gasteiger partial charge < -0.3 is 9.80 Å². The number of anilines is 5. The molecule has 5 aromatic carbocycles. The van der Waals surface area contributed by atoms with Crippen LogP contribution in [-0.4, -0.2) is 12.1 Å². The van der Waals surface area contributed by atoms with Crippen molar-refractivity contribution < 1.29 is 0 Å². The number of nitrogens with zero attached hydrogens (tertiary/aromatic N) is 2. The molecule has 0 saturated heterocycles. The fourth-order valence-corrected chi connectivity index (χ4v) is 9.85. The Kier molecular flexibility index (Phi) is 4.66. The van der Waals surface area contributed by atoms with E-state index in [0.29, 0.717) is 5.82 Å². The second-order valence-electron chi connectivity index (χ2n) is 10.5. The lowest BCUT2D eigenvalue weighted by Crippen LogP contribution is -2.61. The van der Waals surface area contributed by atoms with Crippen LogP contribution >= 0.6 is 23.1 Å². The summed E-state index contributed by atoms with van der Waals surface area (Å²) in [5, 5.41) is 3.04. The van der Waals surface area contributed by atoms with Crippen molar-refractivity contribution in [3.8, 4) is 0 Å². The van der Waals surface area contributed by atoms with Crippen LogP contribution in [0.1, 0.15) is 11.4 Å². The van der Waals surface area contributed by atoms with E-state index in [9.17, 15) is 0 Å². The van der Waals surface area contributed by atoms with Crippen LogP contribution in [0.5, 0.6) is 0 Å². The van der Waals surface area contributed by atoms with Gasteiger partial charge in [0.25, 0.3) is 0 Å². The third-order valence-electron chi connectivity index (χ3n) is 8.50. The molecular weight excluding hydrogens is 511 g/mol. The summed E-state index contributed by atoms with van der Waals surface area (Å²) in [6.07, 6.45) is 0. The second-order valence-corrected chi connectivity index (χ2v) is 12.6. The number of thioether (sulfide) groups is 1. The summed E-state index contributed by atoms with van der Waals surface area (Å²) in [5.41, 5.74) is 9.51. The first kappa shape index (κ1) is 21.9. The Hall–Kier alpha value is -3.93. The van der Waals surface area contributed by atoms with E-state index in [2.05, 4.69) is 137 Å². The van der Waals surface area contributed by atoms with E-state index in [1.54, 1.807) is 0 Å². The number of hydrogen-bond donors (Lipinski definition) is 0. The first-order valence-electron chi connectivity index (χ1n) is 13.5. The van der Waals surface area contributed by atoms with Gasteiger partial charge in [0.15, 0.2) is 0 Å². The fourth-order valence-electron chi connectivity index (χ4n) is 7.02. The molecule has 184 valence electrons. The maximum atomic E-state index is 2.62. The Morgan fingerprint density at radius 1 is 0.590 bits per heavy atom. The van der Waals surface area contributed by atoms with Gasteiger partial charge >= 0.3 is 0 Å². The summed E-state index contributed by atoms with van der Waals surface area (Å²) < 4.78 is 1.36. The number of benzene rings is 5. The monoisotopic (exact) mass is 534 g/mol. The summed E-state index contributed by atoms with van der Waals surface area (Å²) in [5.74, 6) is 0.342. The van der Waals surface area contributed by atoms with E-state index in [1.165, 1.54) is 59.2 Å². The zero-order chi connectivity index (χ0) is 25.5. The van der Waals surface area contributed by atoms with Crippen LogP contribution in [0.3, 0.4) is 0 Å². The molecule has 4 heterocycles. The van der Waals surface area contributed by atoms with Gasteiger partial charge in [0.1, 0.15) is 0 Å². The SMILES string of the molecule is c1ccc(N2c3cccc4c3B(c3c2sc2ccccc32)C2c3ccccc3SC2N4c2ccccc2)cc1. The van der Waals surface area contributed by atoms with Gasteiger partial charge in [-0.05, 0) is 70.4 Å². The Balaban J connectivity index is 1.41. The van der Waals surface area contributed by atoms with Crippen molar-refractivity contribution in [2.24, 2.45) is 0 Å². The maximum Gasteiger partial charge on any atom is 0.229 e. The number of fused-ring (bicyclic) bond motifs is 8. The van der Waals surface area contributed by atoms with Gasteiger partial charge in [0.2, 0.25) is 6.71 Å². The molecule has 0 radical (unpaired) electrons. The standard InChI is InChI=1S/C34H23BN2S2/c1-3-12-22(13-4-1)36-26-18-11-19-27-32(26)35(30-24-16-7-9-20-28(24)38-33(30)36)31-25-17-8-10-21-29(25)39-34(31)37(27)23-14-5-2-6-15-23/h1-21,30,33H. The molecule has 3 aliphatic rings. The van der Waals surface area contributed by atoms with Crippen LogP contribution in [0.4, 0.5) is 27.8 Å². The topological polar surface area (TPSA) is 6.48 Å².